The number of rotatable bonds is 4. The van der Waals surface area contributed by atoms with Crippen LogP contribution in [0, 0.1) is 13.8 Å². The molecule has 6 nitrogen and oxygen atoms in total. The summed E-state index contributed by atoms with van der Waals surface area (Å²) in [5, 5.41) is 14.6. The highest BCUT2D eigenvalue weighted by Gasteiger charge is 2.16. The molecule has 0 aliphatic rings. The van der Waals surface area contributed by atoms with Crippen molar-refractivity contribution >= 4 is 22.2 Å². The lowest BCUT2D eigenvalue weighted by molar-refractivity contribution is 0.0914. The average Bonchev–Trinajstić information content (AvgIpc) is 2.94. The zero-order chi connectivity index (χ0) is 17.3. The van der Waals surface area contributed by atoms with E-state index in [-0.39, 0.29) is 12.1 Å². The van der Waals surface area contributed by atoms with Gasteiger partial charge in [-0.05, 0) is 19.4 Å². The lowest BCUT2D eigenvalue weighted by atomic mass is 10.1. The third kappa shape index (κ3) is 3.08. The highest BCUT2D eigenvalue weighted by molar-refractivity contribution is 7.15. The van der Waals surface area contributed by atoms with Crippen LogP contribution in [0.15, 0.2) is 40.6 Å². The molecular weight excluding hydrogens is 326 g/mol. The Kier molecular flexibility index (Phi) is 4.46. The maximum atomic E-state index is 12.4. The lowest BCUT2D eigenvalue weighted by Crippen LogP contribution is -2.34. The SMILES string of the molecule is Cc1cccc(C(O)CNC(=O)c2cnc3scc(C)n3c2=O)c1. The van der Waals surface area contributed by atoms with Gasteiger partial charge in [0.1, 0.15) is 5.56 Å². The lowest BCUT2D eigenvalue weighted by Gasteiger charge is -2.12. The molecule has 2 N–H and O–H groups in total. The van der Waals surface area contributed by atoms with Gasteiger partial charge in [0.15, 0.2) is 4.96 Å². The van der Waals surface area contributed by atoms with Crippen LogP contribution in [0.2, 0.25) is 0 Å². The van der Waals surface area contributed by atoms with E-state index < -0.39 is 17.6 Å². The number of aromatic nitrogens is 2. The molecule has 2 heterocycles. The number of fused-ring (bicyclic) bond motifs is 1. The van der Waals surface area contributed by atoms with Crippen molar-refractivity contribution in [2.75, 3.05) is 6.54 Å². The second-order valence-corrected chi connectivity index (χ2v) is 6.45. The Bertz CT molecular complexity index is 961. The van der Waals surface area contributed by atoms with Crippen LogP contribution in [0.1, 0.15) is 33.3 Å². The molecule has 0 radical (unpaired) electrons. The van der Waals surface area contributed by atoms with Crippen LogP contribution in [0.3, 0.4) is 0 Å². The van der Waals surface area contributed by atoms with Gasteiger partial charge >= 0.3 is 0 Å². The van der Waals surface area contributed by atoms with Crippen molar-refractivity contribution in [2.45, 2.75) is 20.0 Å². The van der Waals surface area contributed by atoms with Crippen LogP contribution in [0.4, 0.5) is 0 Å². The van der Waals surface area contributed by atoms with Gasteiger partial charge < -0.3 is 10.4 Å². The molecule has 24 heavy (non-hydrogen) atoms. The number of carbonyl (C=O) groups excluding carboxylic acids is 1. The Morgan fingerprint density at radius 1 is 1.42 bits per heavy atom. The van der Waals surface area contributed by atoms with Crippen molar-refractivity contribution in [3.05, 3.63) is 68.6 Å². The molecule has 1 atom stereocenters. The number of aryl methyl sites for hydroxylation is 2. The quantitative estimate of drug-likeness (QED) is 0.757. The first-order chi connectivity index (χ1) is 11.5. The molecule has 0 aliphatic heterocycles. The summed E-state index contributed by atoms with van der Waals surface area (Å²) in [6.45, 7) is 3.74. The van der Waals surface area contributed by atoms with Gasteiger partial charge in [0.05, 0.1) is 6.10 Å². The Balaban J connectivity index is 1.77. The van der Waals surface area contributed by atoms with Crippen LogP contribution in [-0.4, -0.2) is 26.9 Å². The summed E-state index contributed by atoms with van der Waals surface area (Å²) in [6.07, 6.45) is 0.443. The minimum Gasteiger partial charge on any atom is -0.387 e. The first-order valence-electron chi connectivity index (χ1n) is 7.46. The summed E-state index contributed by atoms with van der Waals surface area (Å²) in [7, 11) is 0. The first-order valence-corrected chi connectivity index (χ1v) is 8.34. The number of nitrogens with one attached hydrogen (secondary N) is 1. The summed E-state index contributed by atoms with van der Waals surface area (Å²) in [5.74, 6) is -0.542. The number of amides is 1. The van der Waals surface area contributed by atoms with Crippen LogP contribution in [-0.2, 0) is 0 Å². The maximum Gasteiger partial charge on any atom is 0.271 e. The fourth-order valence-electron chi connectivity index (χ4n) is 2.46. The van der Waals surface area contributed by atoms with E-state index in [4.69, 9.17) is 0 Å². The summed E-state index contributed by atoms with van der Waals surface area (Å²) >= 11 is 1.35. The molecule has 1 unspecified atom stereocenters. The van der Waals surface area contributed by atoms with Crippen molar-refractivity contribution in [1.29, 1.82) is 0 Å². The number of hydrogen-bond donors (Lipinski definition) is 2. The zero-order valence-corrected chi connectivity index (χ0v) is 14.1. The van der Waals surface area contributed by atoms with Gasteiger partial charge in [-0.25, -0.2) is 4.98 Å². The average molecular weight is 343 g/mol. The molecule has 0 saturated heterocycles. The minimum absolute atomic E-state index is 0.0209. The number of hydrogen-bond acceptors (Lipinski definition) is 5. The Labute approximate surface area is 142 Å². The molecule has 0 saturated carbocycles. The number of thiazole rings is 1. The van der Waals surface area contributed by atoms with Crippen molar-refractivity contribution in [3.8, 4) is 0 Å². The van der Waals surface area contributed by atoms with E-state index in [1.54, 1.807) is 13.0 Å². The van der Waals surface area contributed by atoms with Gasteiger partial charge in [0.2, 0.25) is 0 Å². The smallest absolute Gasteiger partial charge is 0.271 e. The van der Waals surface area contributed by atoms with E-state index >= 15 is 0 Å². The fraction of sp³-hybridized carbons (Fsp3) is 0.235. The molecule has 0 bridgehead atoms. The third-order valence-corrected chi connectivity index (χ3v) is 4.70. The van der Waals surface area contributed by atoms with E-state index in [2.05, 4.69) is 10.3 Å². The topological polar surface area (TPSA) is 83.7 Å². The zero-order valence-electron chi connectivity index (χ0n) is 13.3. The van der Waals surface area contributed by atoms with Gasteiger partial charge in [-0.1, -0.05) is 29.8 Å². The fourth-order valence-corrected chi connectivity index (χ4v) is 3.29. The third-order valence-electron chi connectivity index (χ3n) is 3.74. The number of aliphatic hydroxyl groups is 1. The number of carbonyl (C=O) groups is 1. The second-order valence-electron chi connectivity index (χ2n) is 5.61. The predicted octanol–water partition coefficient (Wildman–Crippen LogP) is 1.84. The van der Waals surface area contributed by atoms with E-state index in [1.807, 2.05) is 30.5 Å². The number of benzene rings is 1. The normalized spacial score (nSPS) is 12.3. The van der Waals surface area contributed by atoms with Crippen molar-refractivity contribution in [1.82, 2.24) is 14.7 Å². The molecular formula is C17H17N3O3S. The van der Waals surface area contributed by atoms with Crippen LogP contribution < -0.4 is 10.9 Å². The molecule has 124 valence electrons. The molecule has 2 aromatic heterocycles. The van der Waals surface area contributed by atoms with Gasteiger partial charge in [0, 0.05) is 23.8 Å². The molecule has 3 rings (SSSR count). The Morgan fingerprint density at radius 3 is 2.96 bits per heavy atom. The van der Waals surface area contributed by atoms with Crippen LogP contribution in [0.5, 0.6) is 0 Å². The Hall–Kier alpha value is -2.51. The van der Waals surface area contributed by atoms with Gasteiger partial charge in [-0.3, -0.25) is 14.0 Å². The maximum absolute atomic E-state index is 12.4. The van der Waals surface area contributed by atoms with E-state index in [0.717, 1.165) is 11.3 Å². The Morgan fingerprint density at radius 2 is 2.21 bits per heavy atom. The highest BCUT2D eigenvalue weighted by atomic mass is 32.1. The van der Waals surface area contributed by atoms with E-state index in [9.17, 15) is 14.7 Å². The summed E-state index contributed by atoms with van der Waals surface area (Å²) in [4.78, 5) is 29.4. The van der Waals surface area contributed by atoms with Gasteiger partial charge in [-0.15, -0.1) is 11.3 Å². The van der Waals surface area contributed by atoms with Crippen molar-refractivity contribution < 1.29 is 9.90 Å². The molecule has 1 aromatic carbocycles. The van der Waals surface area contributed by atoms with Crippen LogP contribution >= 0.6 is 11.3 Å². The predicted molar refractivity (Wildman–Crippen MR) is 92.5 cm³/mol. The minimum atomic E-state index is -0.837. The number of aliphatic hydroxyl groups excluding tert-OH is 1. The monoisotopic (exact) mass is 343 g/mol. The van der Waals surface area contributed by atoms with Gasteiger partial charge in [-0.2, -0.15) is 0 Å². The summed E-state index contributed by atoms with van der Waals surface area (Å²) in [5.41, 5.74) is 2.04. The summed E-state index contributed by atoms with van der Waals surface area (Å²) in [6, 6.07) is 7.42. The number of nitrogens with zero attached hydrogens (tertiary/aromatic N) is 2. The largest absolute Gasteiger partial charge is 0.387 e. The highest BCUT2D eigenvalue weighted by Crippen LogP contribution is 2.14. The molecule has 0 spiro atoms. The standard InChI is InChI=1S/C17H17N3O3S/c1-10-4-3-5-12(6-10)14(21)8-18-15(22)13-7-19-17-20(16(13)23)11(2)9-24-17/h3-7,9,14,21H,8H2,1-2H3,(H,18,22). The van der Waals surface area contributed by atoms with Crippen LogP contribution in [0.25, 0.3) is 4.96 Å². The van der Waals surface area contributed by atoms with Gasteiger partial charge in [0.25, 0.3) is 11.5 Å². The molecule has 0 fully saturated rings. The summed E-state index contributed by atoms with van der Waals surface area (Å²) < 4.78 is 1.41. The second kappa shape index (κ2) is 6.54. The molecule has 7 heteroatoms. The molecule has 0 aliphatic carbocycles. The molecule has 3 aromatic rings. The van der Waals surface area contributed by atoms with Crippen molar-refractivity contribution in [2.24, 2.45) is 0 Å². The first kappa shape index (κ1) is 16.4. The molecule has 1 amide bonds. The van der Waals surface area contributed by atoms with E-state index in [1.165, 1.54) is 21.9 Å². The van der Waals surface area contributed by atoms with E-state index in [0.29, 0.717) is 10.5 Å². The van der Waals surface area contributed by atoms with Crippen molar-refractivity contribution in [3.63, 3.8) is 0 Å².